The zero-order valence-electron chi connectivity index (χ0n) is 18.5. The summed E-state index contributed by atoms with van der Waals surface area (Å²) in [5.41, 5.74) is 4.64. The van der Waals surface area contributed by atoms with E-state index in [2.05, 4.69) is 36.8 Å². The zero-order chi connectivity index (χ0) is 22.6. The van der Waals surface area contributed by atoms with Gasteiger partial charge in [-0.2, -0.15) is 0 Å². The van der Waals surface area contributed by atoms with E-state index in [0.717, 1.165) is 61.2 Å². The second-order valence-electron chi connectivity index (χ2n) is 8.54. The maximum atomic E-state index is 12.8. The van der Waals surface area contributed by atoms with Gasteiger partial charge in [0.25, 0.3) is 0 Å². The van der Waals surface area contributed by atoms with E-state index in [0.29, 0.717) is 12.5 Å². The summed E-state index contributed by atoms with van der Waals surface area (Å²) in [5.74, 6) is 0.126. The van der Waals surface area contributed by atoms with Crippen molar-refractivity contribution < 1.29 is 9.42 Å². The molecule has 4 aromatic rings. The van der Waals surface area contributed by atoms with E-state index in [1.807, 2.05) is 48.3 Å². The summed E-state index contributed by atoms with van der Waals surface area (Å²) in [7, 11) is 1.90. The molecule has 2 aromatic carbocycles. The Hall–Kier alpha value is -3.66. The van der Waals surface area contributed by atoms with Crippen LogP contribution in [-0.4, -0.2) is 79.0 Å². The van der Waals surface area contributed by atoms with Crippen molar-refractivity contribution in [3.8, 4) is 5.69 Å². The Labute approximate surface area is 191 Å². The third kappa shape index (κ3) is 4.90. The Morgan fingerprint density at radius 2 is 1.94 bits per heavy atom. The van der Waals surface area contributed by atoms with Gasteiger partial charge in [0.05, 0.1) is 12.1 Å². The van der Waals surface area contributed by atoms with Crippen LogP contribution >= 0.6 is 0 Å². The molecule has 1 unspecified atom stereocenters. The monoisotopic (exact) mass is 446 g/mol. The van der Waals surface area contributed by atoms with E-state index in [4.69, 9.17) is 4.63 Å². The standard InChI is InChI=1S/C23H26N8O2/c1-29(23(32)14-17-4-7-19(8-5-17)31-16-24-27-28-31)15-20-3-2-11-30(20)12-10-18-6-9-21-22(13-18)26-33-25-21/h4-9,13,16,20H,2-3,10-12,14-15H2,1H3. The van der Waals surface area contributed by atoms with Gasteiger partial charge < -0.3 is 4.90 Å². The number of hydrogen-bond acceptors (Lipinski definition) is 8. The van der Waals surface area contributed by atoms with E-state index in [1.165, 1.54) is 5.56 Å². The van der Waals surface area contributed by atoms with Crippen LogP contribution in [0.3, 0.4) is 0 Å². The van der Waals surface area contributed by atoms with Gasteiger partial charge in [0.15, 0.2) is 0 Å². The Morgan fingerprint density at radius 1 is 1.12 bits per heavy atom. The quantitative estimate of drug-likeness (QED) is 0.404. The minimum Gasteiger partial charge on any atom is -0.344 e. The van der Waals surface area contributed by atoms with Gasteiger partial charge in [-0.1, -0.05) is 18.2 Å². The molecule has 10 nitrogen and oxygen atoms in total. The molecule has 10 heteroatoms. The fourth-order valence-corrected chi connectivity index (χ4v) is 4.43. The van der Waals surface area contributed by atoms with Crippen molar-refractivity contribution in [2.24, 2.45) is 0 Å². The molecule has 2 aromatic heterocycles. The molecule has 1 aliphatic heterocycles. The smallest absolute Gasteiger partial charge is 0.226 e. The first-order valence-electron chi connectivity index (χ1n) is 11.2. The Kier molecular flexibility index (Phi) is 6.07. The highest BCUT2D eigenvalue weighted by Gasteiger charge is 2.26. The van der Waals surface area contributed by atoms with Crippen molar-refractivity contribution in [1.82, 2.24) is 40.3 Å². The van der Waals surface area contributed by atoms with Crippen molar-refractivity contribution in [3.05, 3.63) is 59.9 Å². The van der Waals surface area contributed by atoms with Gasteiger partial charge >= 0.3 is 0 Å². The lowest BCUT2D eigenvalue weighted by Crippen LogP contribution is -2.42. The van der Waals surface area contributed by atoms with Gasteiger partial charge in [-0.05, 0) is 81.9 Å². The summed E-state index contributed by atoms with van der Waals surface area (Å²) >= 11 is 0. The summed E-state index contributed by atoms with van der Waals surface area (Å²) in [6.07, 6.45) is 5.14. The molecule has 0 saturated carbocycles. The Balaban J connectivity index is 1.13. The van der Waals surface area contributed by atoms with Gasteiger partial charge in [0.2, 0.25) is 5.91 Å². The number of benzene rings is 2. The van der Waals surface area contributed by atoms with Gasteiger partial charge in [-0.15, -0.1) is 5.10 Å². The normalized spacial score (nSPS) is 16.5. The predicted molar refractivity (Wildman–Crippen MR) is 121 cm³/mol. The number of carbonyl (C=O) groups excluding carboxylic acids is 1. The van der Waals surface area contributed by atoms with Crippen molar-refractivity contribution in [2.45, 2.75) is 31.7 Å². The molecule has 33 heavy (non-hydrogen) atoms. The molecule has 0 radical (unpaired) electrons. The largest absolute Gasteiger partial charge is 0.344 e. The number of likely N-dealkylation sites (N-methyl/N-ethyl adjacent to an activating group) is 1. The fourth-order valence-electron chi connectivity index (χ4n) is 4.43. The molecule has 1 saturated heterocycles. The number of carbonyl (C=O) groups is 1. The number of nitrogens with zero attached hydrogens (tertiary/aromatic N) is 8. The maximum absolute atomic E-state index is 12.8. The first-order valence-corrected chi connectivity index (χ1v) is 11.2. The molecule has 0 bridgehead atoms. The number of rotatable bonds is 8. The maximum Gasteiger partial charge on any atom is 0.226 e. The van der Waals surface area contributed by atoms with Crippen LogP contribution in [0.5, 0.6) is 0 Å². The molecule has 5 rings (SSSR count). The third-order valence-electron chi connectivity index (χ3n) is 6.32. The summed E-state index contributed by atoms with van der Waals surface area (Å²) < 4.78 is 6.38. The second kappa shape index (κ2) is 9.45. The lowest BCUT2D eigenvalue weighted by atomic mass is 10.1. The van der Waals surface area contributed by atoms with Crippen LogP contribution < -0.4 is 0 Å². The van der Waals surface area contributed by atoms with Crippen LogP contribution in [0, 0.1) is 0 Å². The molecule has 0 spiro atoms. The fraction of sp³-hybridized carbons (Fsp3) is 0.391. The third-order valence-corrected chi connectivity index (χ3v) is 6.32. The van der Waals surface area contributed by atoms with Gasteiger partial charge in [-0.3, -0.25) is 9.69 Å². The van der Waals surface area contributed by atoms with Gasteiger partial charge in [-0.25, -0.2) is 9.31 Å². The first-order chi connectivity index (χ1) is 16.2. The van der Waals surface area contributed by atoms with Crippen molar-refractivity contribution >= 4 is 16.9 Å². The van der Waals surface area contributed by atoms with Crippen molar-refractivity contribution in [3.63, 3.8) is 0 Å². The van der Waals surface area contributed by atoms with Crippen LogP contribution in [-0.2, 0) is 17.6 Å². The lowest BCUT2D eigenvalue weighted by molar-refractivity contribution is -0.129. The van der Waals surface area contributed by atoms with Crippen LogP contribution in [0.4, 0.5) is 0 Å². The van der Waals surface area contributed by atoms with Crippen LogP contribution in [0.15, 0.2) is 53.4 Å². The van der Waals surface area contributed by atoms with Gasteiger partial charge in [0.1, 0.15) is 17.4 Å². The number of aromatic nitrogens is 6. The van der Waals surface area contributed by atoms with E-state index in [1.54, 1.807) is 11.0 Å². The highest BCUT2D eigenvalue weighted by molar-refractivity contribution is 5.78. The molecule has 1 fully saturated rings. The molecule has 1 amide bonds. The number of likely N-dealkylation sites (tertiary alicyclic amines) is 1. The summed E-state index contributed by atoms with van der Waals surface area (Å²) in [4.78, 5) is 17.2. The van der Waals surface area contributed by atoms with Crippen molar-refractivity contribution in [1.29, 1.82) is 0 Å². The van der Waals surface area contributed by atoms with Crippen molar-refractivity contribution in [2.75, 3.05) is 26.7 Å². The molecular formula is C23H26N8O2. The number of hydrogen-bond donors (Lipinski definition) is 0. The lowest BCUT2D eigenvalue weighted by Gasteiger charge is -2.29. The Bertz CT molecular complexity index is 1200. The summed E-state index contributed by atoms with van der Waals surface area (Å²) in [5, 5.41) is 19.0. The minimum absolute atomic E-state index is 0.126. The average Bonchev–Trinajstić information content (AvgIpc) is 3.60. The highest BCUT2D eigenvalue weighted by atomic mass is 16.6. The molecule has 1 aliphatic rings. The average molecular weight is 447 g/mol. The van der Waals surface area contributed by atoms with E-state index >= 15 is 0 Å². The summed E-state index contributed by atoms with van der Waals surface area (Å²) in [6, 6.07) is 14.2. The van der Waals surface area contributed by atoms with Crippen LogP contribution in [0.25, 0.3) is 16.7 Å². The second-order valence-corrected chi connectivity index (χ2v) is 8.54. The highest BCUT2D eigenvalue weighted by Crippen LogP contribution is 2.20. The van der Waals surface area contributed by atoms with E-state index in [-0.39, 0.29) is 5.91 Å². The molecular weight excluding hydrogens is 420 g/mol. The number of fused-ring (bicyclic) bond motifs is 1. The molecule has 0 aliphatic carbocycles. The van der Waals surface area contributed by atoms with Crippen LogP contribution in [0.2, 0.25) is 0 Å². The van der Waals surface area contributed by atoms with Gasteiger partial charge in [0, 0.05) is 26.2 Å². The SMILES string of the molecule is CN(CC1CCCN1CCc1ccc2nonc2c1)C(=O)Cc1ccc(-n2cnnn2)cc1. The molecule has 0 N–H and O–H groups in total. The molecule has 3 heterocycles. The minimum atomic E-state index is 0.126. The zero-order valence-corrected chi connectivity index (χ0v) is 18.5. The molecule has 170 valence electrons. The van der Waals surface area contributed by atoms with Crippen LogP contribution in [0.1, 0.15) is 24.0 Å². The van der Waals surface area contributed by atoms with E-state index in [9.17, 15) is 4.79 Å². The number of amides is 1. The number of tetrazole rings is 1. The Morgan fingerprint density at radius 3 is 2.76 bits per heavy atom. The first kappa shape index (κ1) is 21.2. The predicted octanol–water partition coefficient (Wildman–Crippen LogP) is 1.91. The summed E-state index contributed by atoms with van der Waals surface area (Å²) in [6.45, 7) is 2.77. The molecule has 1 atom stereocenters. The van der Waals surface area contributed by atoms with E-state index < -0.39 is 0 Å². The topological polar surface area (TPSA) is 106 Å².